The van der Waals surface area contributed by atoms with Crippen molar-refractivity contribution in [2.45, 2.75) is 45.3 Å². The number of benzene rings is 1. The zero-order chi connectivity index (χ0) is 15.7. The van der Waals surface area contributed by atoms with Crippen molar-refractivity contribution >= 4 is 17.4 Å². The monoisotopic (exact) mass is 309 g/mol. The van der Waals surface area contributed by atoms with Gasteiger partial charge in [0.15, 0.2) is 5.78 Å². The Morgan fingerprint density at radius 2 is 1.86 bits per heavy atom. The lowest BCUT2D eigenvalue weighted by molar-refractivity contribution is -0.180. The molecule has 1 fully saturated rings. The molecule has 0 bridgehead atoms. The molecule has 0 aliphatic carbocycles. The van der Waals surface area contributed by atoms with Crippen LogP contribution in [0.15, 0.2) is 24.3 Å². The van der Waals surface area contributed by atoms with Gasteiger partial charge in [-0.15, -0.1) is 0 Å². The summed E-state index contributed by atoms with van der Waals surface area (Å²) in [5.74, 6) is 0.139. The van der Waals surface area contributed by atoms with Gasteiger partial charge in [-0.1, -0.05) is 23.7 Å². The van der Waals surface area contributed by atoms with E-state index in [0.29, 0.717) is 17.0 Å². The van der Waals surface area contributed by atoms with Crippen LogP contribution in [0.5, 0.6) is 0 Å². The van der Waals surface area contributed by atoms with Gasteiger partial charge in [0.05, 0.1) is 11.2 Å². The van der Waals surface area contributed by atoms with Gasteiger partial charge in [0.2, 0.25) is 0 Å². The van der Waals surface area contributed by atoms with Gasteiger partial charge in [0.1, 0.15) is 0 Å². The molecular formula is C17H24ClNO2. The summed E-state index contributed by atoms with van der Waals surface area (Å²) >= 11 is 5.93. The molecule has 0 atom stereocenters. The first-order chi connectivity index (χ1) is 9.67. The minimum absolute atomic E-state index is 0.139. The highest BCUT2D eigenvalue weighted by Crippen LogP contribution is 2.28. The lowest BCUT2D eigenvalue weighted by Crippen LogP contribution is -2.57. The van der Waals surface area contributed by atoms with Crippen molar-refractivity contribution in [3.63, 3.8) is 0 Å². The van der Waals surface area contributed by atoms with Crippen LogP contribution in [0.25, 0.3) is 0 Å². The fraction of sp³-hybridized carbons (Fsp3) is 0.588. The largest absolute Gasteiger partial charge is 0.367 e. The number of ether oxygens (including phenoxy) is 1. The van der Waals surface area contributed by atoms with Crippen LogP contribution in [0.2, 0.25) is 5.02 Å². The summed E-state index contributed by atoms with van der Waals surface area (Å²) < 4.78 is 6.05. The lowest BCUT2D eigenvalue weighted by Gasteiger charge is -2.47. The van der Waals surface area contributed by atoms with E-state index in [0.717, 1.165) is 19.6 Å². The maximum absolute atomic E-state index is 12.2. The molecule has 1 aliphatic rings. The normalized spacial score (nSPS) is 21.2. The highest BCUT2D eigenvalue weighted by molar-refractivity contribution is 6.31. The number of morpholine rings is 1. The minimum Gasteiger partial charge on any atom is -0.367 e. The van der Waals surface area contributed by atoms with E-state index in [2.05, 4.69) is 32.6 Å². The number of nitrogens with zero attached hydrogens (tertiary/aromatic N) is 1. The molecule has 0 amide bonds. The van der Waals surface area contributed by atoms with Gasteiger partial charge in [0.25, 0.3) is 0 Å². The van der Waals surface area contributed by atoms with Gasteiger partial charge in [-0.2, -0.15) is 0 Å². The minimum atomic E-state index is -0.180. The molecular weight excluding hydrogens is 286 g/mol. The Hall–Kier alpha value is -0.900. The number of carbonyl (C=O) groups is 1. The molecule has 2 rings (SSSR count). The van der Waals surface area contributed by atoms with E-state index in [1.54, 1.807) is 12.1 Å². The van der Waals surface area contributed by atoms with E-state index in [-0.39, 0.29) is 17.0 Å². The smallest absolute Gasteiger partial charge is 0.164 e. The zero-order valence-electron chi connectivity index (χ0n) is 13.3. The average molecular weight is 310 g/mol. The van der Waals surface area contributed by atoms with Crippen LogP contribution in [0, 0.1) is 0 Å². The summed E-state index contributed by atoms with van der Waals surface area (Å²) in [6.45, 7) is 10.8. The third kappa shape index (κ3) is 4.80. The average Bonchev–Trinajstić information content (AvgIpc) is 2.32. The predicted octanol–water partition coefficient (Wildman–Crippen LogP) is 3.80. The van der Waals surface area contributed by atoms with Crippen LogP contribution in [0.1, 0.15) is 44.5 Å². The molecule has 4 heteroatoms. The molecule has 1 aromatic rings. The third-order valence-corrected chi connectivity index (χ3v) is 3.80. The number of rotatable bonds is 4. The van der Waals surface area contributed by atoms with Gasteiger partial charge < -0.3 is 4.74 Å². The molecule has 116 valence electrons. The Morgan fingerprint density at radius 1 is 1.24 bits per heavy atom. The van der Waals surface area contributed by atoms with Crippen LogP contribution < -0.4 is 0 Å². The van der Waals surface area contributed by atoms with E-state index in [9.17, 15) is 4.79 Å². The standard InChI is InChI=1S/C17H24ClNO2/c1-16(2)11-19(12-17(3,4)21-16)9-8-15(20)13-6-5-7-14(18)10-13/h5-7,10H,8-9,11-12H2,1-4H3. The summed E-state index contributed by atoms with van der Waals surface area (Å²) in [5.41, 5.74) is 0.330. The topological polar surface area (TPSA) is 29.5 Å². The number of halogens is 1. The fourth-order valence-corrected chi connectivity index (χ4v) is 3.36. The Balaban J connectivity index is 1.95. The third-order valence-electron chi connectivity index (χ3n) is 3.56. The van der Waals surface area contributed by atoms with Crippen molar-refractivity contribution in [2.75, 3.05) is 19.6 Å². The van der Waals surface area contributed by atoms with E-state index in [1.165, 1.54) is 0 Å². The van der Waals surface area contributed by atoms with Crippen molar-refractivity contribution in [2.24, 2.45) is 0 Å². The molecule has 0 N–H and O–H groups in total. The van der Waals surface area contributed by atoms with Crippen LogP contribution >= 0.6 is 11.6 Å². The van der Waals surface area contributed by atoms with E-state index in [4.69, 9.17) is 16.3 Å². The number of carbonyl (C=O) groups excluding carboxylic acids is 1. The van der Waals surface area contributed by atoms with Crippen molar-refractivity contribution in [3.05, 3.63) is 34.9 Å². The van der Waals surface area contributed by atoms with Gasteiger partial charge in [0, 0.05) is 36.6 Å². The lowest BCUT2D eigenvalue weighted by atomic mass is 9.98. The first-order valence-electron chi connectivity index (χ1n) is 7.38. The van der Waals surface area contributed by atoms with Crippen LogP contribution in [-0.4, -0.2) is 41.5 Å². The van der Waals surface area contributed by atoms with E-state index >= 15 is 0 Å². The van der Waals surface area contributed by atoms with E-state index in [1.807, 2.05) is 12.1 Å². The van der Waals surface area contributed by atoms with Crippen LogP contribution in [-0.2, 0) is 4.74 Å². The maximum atomic E-state index is 12.2. The second kappa shape index (κ2) is 6.07. The quantitative estimate of drug-likeness (QED) is 0.792. The molecule has 21 heavy (non-hydrogen) atoms. The predicted molar refractivity (Wildman–Crippen MR) is 86.1 cm³/mol. The Morgan fingerprint density at radius 3 is 2.43 bits per heavy atom. The fourth-order valence-electron chi connectivity index (χ4n) is 3.17. The SMILES string of the molecule is CC1(C)CN(CCC(=O)c2cccc(Cl)c2)CC(C)(C)O1. The molecule has 0 radical (unpaired) electrons. The number of Topliss-reactive ketones (excluding diaryl/α,β-unsaturated/α-hetero) is 1. The number of hydrogen-bond acceptors (Lipinski definition) is 3. The molecule has 0 saturated carbocycles. The van der Waals surface area contributed by atoms with Gasteiger partial charge in [-0.05, 0) is 39.8 Å². The summed E-state index contributed by atoms with van der Waals surface area (Å²) in [7, 11) is 0. The molecule has 1 heterocycles. The highest BCUT2D eigenvalue weighted by atomic mass is 35.5. The first kappa shape index (κ1) is 16.5. The molecule has 0 unspecified atom stereocenters. The molecule has 1 aromatic carbocycles. The second-order valence-corrected chi connectivity index (χ2v) is 7.45. The maximum Gasteiger partial charge on any atom is 0.164 e. The summed E-state index contributed by atoms with van der Waals surface area (Å²) in [6, 6.07) is 7.15. The van der Waals surface area contributed by atoms with E-state index < -0.39 is 0 Å². The highest BCUT2D eigenvalue weighted by Gasteiger charge is 2.37. The van der Waals surface area contributed by atoms with Crippen LogP contribution in [0.4, 0.5) is 0 Å². The number of ketones is 1. The van der Waals surface area contributed by atoms with Crippen LogP contribution in [0.3, 0.4) is 0 Å². The summed E-state index contributed by atoms with van der Waals surface area (Å²) in [6.07, 6.45) is 0.506. The van der Waals surface area contributed by atoms with Crippen molar-refractivity contribution < 1.29 is 9.53 Å². The Labute approximate surface area is 132 Å². The first-order valence-corrected chi connectivity index (χ1v) is 7.76. The molecule has 1 aliphatic heterocycles. The summed E-state index contributed by atoms with van der Waals surface area (Å²) in [4.78, 5) is 14.6. The Bertz CT molecular complexity index is 509. The molecule has 0 spiro atoms. The van der Waals surface area contributed by atoms with Gasteiger partial charge in [-0.3, -0.25) is 9.69 Å². The number of hydrogen-bond donors (Lipinski definition) is 0. The summed E-state index contributed by atoms with van der Waals surface area (Å²) in [5, 5.41) is 0.606. The van der Waals surface area contributed by atoms with Crippen molar-refractivity contribution in [1.82, 2.24) is 4.90 Å². The molecule has 3 nitrogen and oxygen atoms in total. The zero-order valence-corrected chi connectivity index (χ0v) is 14.0. The van der Waals surface area contributed by atoms with Crippen molar-refractivity contribution in [3.8, 4) is 0 Å². The van der Waals surface area contributed by atoms with Gasteiger partial charge in [-0.25, -0.2) is 0 Å². The van der Waals surface area contributed by atoms with Gasteiger partial charge >= 0.3 is 0 Å². The second-order valence-electron chi connectivity index (χ2n) is 7.02. The van der Waals surface area contributed by atoms with Crippen molar-refractivity contribution in [1.29, 1.82) is 0 Å². The molecule has 0 aromatic heterocycles. The Kier molecular flexibility index (Phi) is 4.76. The molecule has 1 saturated heterocycles.